The first-order valence-corrected chi connectivity index (χ1v) is 9.68. The van der Waals surface area contributed by atoms with Crippen LogP contribution in [0.4, 0.5) is 0 Å². The summed E-state index contributed by atoms with van der Waals surface area (Å²) in [4.78, 5) is 36.1. The molecule has 1 amide bonds. The van der Waals surface area contributed by atoms with E-state index >= 15 is 0 Å². The maximum atomic E-state index is 12.5. The summed E-state index contributed by atoms with van der Waals surface area (Å²) in [6.45, 7) is 4.06. The van der Waals surface area contributed by atoms with Crippen LogP contribution >= 0.6 is 0 Å². The summed E-state index contributed by atoms with van der Waals surface area (Å²) in [6.07, 6.45) is 3.91. The number of rotatable bonds is 6. The molecule has 0 saturated heterocycles. The number of hydrogen-bond donors (Lipinski definition) is 3. The van der Waals surface area contributed by atoms with Gasteiger partial charge in [-0.2, -0.15) is 0 Å². The highest BCUT2D eigenvalue weighted by molar-refractivity contribution is 5.76. The predicted molar refractivity (Wildman–Crippen MR) is 110 cm³/mol. The predicted octanol–water partition coefficient (Wildman–Crippen LogP) is 1.99. The standard InChI is InChI=1S/C22H23N5O2/c1-14-19(22(29)27-21(26-14)17-3-2-8-23-12-17)6-7-20(28)25-10-15-4-5-16-11-24-13-18(16)9-15/h2-5,8-9,12,24H,6-7,10-11,13H2,1H3,(H,25,28)(H,26,27,29). The molecule has 0 fully saturated rings. The van der Waals surface area contributed by atoms with Crippen LogP contribution in [0.3, 0.4) is 0 Å². The largest absolute Gasteiger partial charge is 0.352 e. The van der Waals surface area contributed by atoms with Crippen LogP contribution in [0, 0.1) is 6.92 Å². The molecule has 3 aromatic rings. The van der Waals surface area contributed by atoms with E-state index in [2.05, 4.69) is 37.7 Å². The number of aromatic nitrogens is 3. The van der Waals surface area contributed by atoms with E-state index in [-0.39, 0.29) is 17.9 Å². The Labute approximate surface area is 168 Å². The zero-order valence-corrected chi connectivity index (χ0v) is 16.3. The molecule has 7 heteroatoms. The second kappa shape index (κ2) is 8.36. The van der Waals surface area contributed by atoms with Crippen molar-refractivity contribution < 1.29 is 4.79 Å². The molecular weight excluding hydrogens is 366 g/mol. The summed E-state index contributed by atoms with van der Waals surface area (Å²) in [7, 11) is 0. The highest BCUT2D eigenvalue weighted by atomic mass is 16.1. The lowest BCUT2D eigenvalue weighted by molar-refractivity contribution is -0.121. The van der Waals surface area contributed by atoms with Crippen LogP contribution in [0.25, 0.3) is 11.4 Å². The van der Waals surface area contributed by atoms with E-state index in [0.717, 1.165) is 24.2 Å². The minimum atomic E-state index is -0.213. The highest BCUT2D eigenvalue weighted by Crippen LogP contribution is 2.17. The third kappa shape index (κ3) is 4.41. The molecule has 0 atom stereocenters. The molecule has 0 spiro atoms. The molecule has 7 nitrogen and oxygen atoms in total. The van der Waals surface area contributed by atoms with Crippen molar-refractivity contribution in [3.63, 3.8) is 0 Å². The Morgan fingerprint density at radius 1 is 1.21 bits per heavy atom. The second-order valence-corrected chi connectivity index (χ2v) is 7.20. The lowest BCUT2D eigenvalue weighted by Crippen LogP contribution is -2.25. The first-order chi connectivity index (χ1) is 14.1. The van der Waals surface area contributed by atoms with E-state index in [1.54, 1.807) is 25.4 Å². The Hall–Kier alpha value is -3.32. The summed E-state index contributed by atoms with van der Waals surface area (Å²) < 4.78 is 0. The number of amides is 1. The topological polar surface area (TPSA) is 99.8 Å². The summed E-state index contributed by atoms with van der Waals surface area (Å²) in [5.74, 6) is 0.402. The Morgan fingerprint density at radius 3 is 2.86 bits per heavy atom. The normalized spacial score (nSPS) is 12.6. The number of nitrogens with one attached hydrogen (secondary N) is 3. The average molecular weight is 389 g/mol. The van der Waals surface area contributed by atoms with Crippen LogP contribution in [-0.2, 0) is 30.8 Å². The van der Waals surface area contributed by atoms with E-state index in [0.29, 0.717) is 30.0 Å². The molecule has 0 radical (unpaired) electrons. The van der Waals surface area contributed by atoms with Gasteiger partial charge in [0, 0.05) is 55.3 Å². The van der Waals surface area contributed by atoms with Gasteiger partial charge in [-0.15, -0.1) is 0 Å². The van der Waals surface area contributed by atoms with Crippen molar-refractivity contribution in [3.8, 4) is 11.4 Å². The highest BCUT2D eigenvalue weighted by Gasteiger charge is 2.13. The summed E-state index contributed by atoms with van der Waals surface area (Å²) in [5.41, 5.74) is 5.40. The van der Waals surface area contributed by atoms with Crippen molar-refractivity contribution >= 4 is 5.91 Å². The summed E-state index contributed by atoms with van der Waals surface area (Å²) >= 11 is 0. The van der Waals surface area contributed by atoms with E-state index in [4.69, 9.17) is 0 Å². The monoisotopic (exact) mass is 389 g/mol. The molecule has 1 aromatic carbocycles. The Kier molecular flexibility index (Phi) is 5.48. The molecule has 0 unspecified atom stereocenters. The van der Waals surface area contributed by atoms with Gasteiger partial charge in [0.15, 0.2) is 0 Å². The van der Waals surface area contributed by atoms with E-state index in [1.807, 2.05) is 12.1 Å². The zero-order chi connectivity index (χ0) is 20.2. The zero-order valence-electron chi connectivity index (χ0n) is 16.3. The fraction of sp³-hybridized carbons (Fsp3) is 0.273. The number of H-pyrrole nitrogens is 1. The van der Waals surface area contributed by atoms with Crippen molar-refractivity contribution in [1.82, 2.24) is 25.6 Å². The number of fused-ring (bicyclic) bond motifs is 1. The van der Waals surface area contributed by atoms with Gasteiger partial charge in [0.25, 0.3) is 5.56 Å². The van der Waals surface area contributed by atoms with Crippen molar-refractivity contribution in [2.75, 3.05) is 0 Å². The molecule has 3 heterocycles. The van der Waals surface area contributed by atoms with Gasteiger partial charge in [-0.1, -0.05) is 18.2 Å². The second-order valence-electron chi connectivity index (χ2n) is 7.20. The fourth-order valence-electron chi connectivity index (χ4n) is 3.53. The first-order valence-electron chi connectivity index (χ1n) is 9.68. The van der Waals surface area contributed by atoms with Gasteiger partial charge in [0.05, 0.1) is 0 Å². The number of carbonyl (C=O) groups excluding carboxylic acids is 1. The molecule has 3 N–H and O–H groups in total. The van der Waals surface area contributed by atoms with Gasteiger partial charge >= 0.3 is 0 Å². The first kappa shape index (κ1) is 19.0. The number of aromatic amines is 1. The minimum absolute atomic E-state index is 0.0845. The van der Waals surface area contributed by atoms with Gasteiger partial charge in [-0.05, 0) is 42.2 Å². The van der Waals surface area contributed by atoms with Crippen LogP contribution in [0.1, 0.15) is 34.4 Å². The molecular formula is C22H23N5O2. The van der Waals surface area contributed by atoms with E-state index in [9.17, 15) is 9.59 Å². The van der Waals surface area contributed by atoms with Gasteiger partial charge in [-0.3, -0.25) is 14.6 Å². The van der Waals surface area contributed by atoms with E-state index in [1.165, 1.54) is 11.1 Å². The van der Waals surface area contributed by atoms with Crippen LogP contribution in [0.5, 0.6) is 0 Å². The van der Waals surface area contributed by atoms with Gasteiger partial charge < -0.3 is 15.6 Å². The molecule has 1 aliphatic rings. The average Bonchev–Trinajstić information content (AvgIpc) is 3.20. The van der Waals surface area contributed by atoms with Gasteiger partial charge in [-0.25, -0.2) is 4.98 Å². The third-order valence-corrected chi connectivity index (χ3v) is 5.15. The number of carbonyl (C=O) groups is 1. The number of aryl methyl sites for hydroxylation is 1. The Morgan fingerprint density at radius 2 is 2.07 bits per heavy atom. The maximum absolute atomic E-state index is 12.5. The number of benzene rings is 1. The van der Waals surface area contributed by atoms with Crippen molar-refractivity contribution in [1.29, 1.82) is 0 Å². The molecule has 4 rings (SSSR count). The molecule has 148 valence electrons. The Bertz CT molecular complexity index is 1090. The number of pyridine rings is 1. The van der Waals surface area contributed by atoms with Crippen molar-refractivity contribution in [2.24, 2.45) is 0 Å². The number of hydrogen-bond acceptors (Lipinski definition) is 5. The SMILES string of the molecule is Cc1nc(-c2cccnc2)[nH]c(=O)c1CCC(=O)NCc1ccc2c(c1)CNC2. The molecule has 0 aliphatic carbocycles. The summed E-state index contributed by atoms with van der Waals surface area (Å²) in [6, 6.07) is 9.91. The molecule has 1 aliphatic heterocycles. The smallest absolute Gasteiger partial charge is 0.254 e. The van der Waals surface area contributed by atoms with E-state index < -0.39 is 0 Å². The molecule has 29 heavy (non-hydrogen) atoms. The van der Waals surface area contributed by atoms with Crippen LogP contribution in [0.15, 0.2) is 47.5 Å². The quantitative estimate of drug-likeness (QED) is 0.599. The third-order valence-electron chi connectivity index (χ3n) is 5.15. The molecule has 0 bridgehead atoms. The Balaban J connectivity index is 1.36. The van der Waals surface area contributed by atoms with Crippen LogP contribution < -0.4 is 16.2 Å². The van der Waals surface area contributed by atoms with Crippen molar-refractivity contribution in [3.05, 3.63) is 81.0 Å². The van der Waals surface area contributed by atoms with Crippen molar-refractivity contribution in [2.45, 2.75) is 39.4 Å². The lowest BCUT2D eigenvalue weighted by Gasteiger charge is -2.09. The van der Waals surface area contributed by atoms with Crippen LogP contribution in [0.2, 0.25) is 0 Å². The van der Waals surface area contributed by atoms with Gasteiger partial charge in [0.2, 0.25) is 5.91 Å². The molecule has 0 saturated carbocycles. The summed E-state index contributed by atoms with van der Waals surface area (Å²) in [5, 5.41) is 6.25. The van der Waals surface area contributed by atoms with Gasteiger partial charge in [0.1, 0.15) is 5.82 Å². The maximum Gasteiger partial charge on any atom is 0.254 e. The lowest BCUT2D eigenvalue weighted by atomic mass is 10.1. The molecule has 2 aromatic heterocycles. The fourth-order valence-corrected chi connectivity index (χ4v) is 3.53. The number of nitrogens with zero attached hydrogens (tertiary/aromatic N) is 2. The van der Waals surface area contributed by atoms with Crippen LogP contribution in [-0.4, -0.2) is 20.9 Å². The minimum Gasteiger partial charge on any atom is -0.352 e.